The Labute approximate surface area is 327 Å². The molecule has 0 bridgehead atoms. The van der Waals surface area contributed by atoms with E-state index in [4.69, 9.17) is 18.1 Å². The molecular formula is C46H50O5P2S. The van der Waals surface area contributed by atoms with E-state index in [0.29, 0.717) is 5.75 Å². The molecule has 280 valence electrons. The summed E-state index contributed by atoms with van der Waals surface area (Å²) in [6, 6.07) is 24.2. The zero-order valence-corrected chi connectivity index (χ0v) is 35.5. The fourth-order valence-corrected chi connectivity index (χ4v) is 14.0. The van der Waals surface area contributed by atoms with Gasteiger partial charge in [-0.2, -0.15) is 0 Å². The fourth-order valence-electron chi connectivity index (χ4n) is 6.67. The van der Waals surface area contributed by atoms with Crippen molar-refractivity contribution in [2.45, 2.75) is 79.6 Å². The summed E-state index contributed by atoms with van der Waals surface area (Å²) in [4.78, 5) is 0. The van der Waals surface area contributed by atoms with E-state index in [2.05, 4.69) is 43.4 Å². The largest absolute Gasteiger partial charge is 0.464 e. The molecule has 5 nitrogen and oxygen atoms in total. The predicted octanol–water partition coefficient (Wildman–Crippen LogP) is 13.3. The maximum Gasteiger partial charge on any atom is 0.464 e. The summed E-state index contributed by atoms with van der Waals surface area (Å²) in [5.41, 5.74) is 9.03. The van der Waals surface area contributed by atoms with E-state index in [0.717, 1.165) is 72.5 Å². The Bertz CT molecular complexity index is 2110. The first-order chi connectivity index (χ1) is 25.6. The van der Waals surface area contributed by atoms with Gasteiger partial charge >= 0.3 is 15.2 Å². The number of hydrogen-bond donors (Lipinski definition) is 0. The minimum atomic E-state index is -3.52. The van der Waals surface area contributed by atoms with Crippen LogP contribution in [0.3, 0.4) is 0 Å². The number of hydrogen-bond acceptors (Lipinski definition) is 6. The lowest BCUT2D eigenvalue weighted by atomic mass is 10.1. The molecule has 0 spiro atoms. The van der Waals surface area contributed by atoms with Crippen LogP contribution in [-0.4, -0.2) is 10.3 Å². The van der Waals surface area contributed by atoms with E-state index in [1.165, 1.54) is 11.4 Å². The van der Waals surface area contributed by atoms with Gasteiger partial charge in [-0.25, -0.2) is 0 Å². The smallest absolute Gasteiger partial charge is 0.432 e. The molecule has 8 heteroatoms. The van der Waals surface area contributed by atoms with Crippen molar-refractivity contribution in [1.82, 2.24) is 0 Å². The van der Waals surface area contributed by atoms with Crippen molar-refractivity contribution < 1.29 is 22.7 Å². The van der Waals surface area contributed by atoms with Gasteiger partial charge in [-0.3, -0.25) is 9.09 Å². The number of allylic oxidation sites excluding steroid dienone is 6. The molecule has 0 fully saturated rings. The van der Waals surface area contributed by atoms with Gasteiger partial charge in [0.2, 0.25) is 0 Å². The first-order valence-corrected chi connectivity index (χ1v) is 22.4. The predicted molar refractivity (Wildman–Crippen MR) is 229 cm³/mol. The minimum absolute atomic E-state index is 0.651. The van der Waals surface area contributed by atoms with Gasteiger partial charge in [-0.05, 0) is 148 Å². The Kier molecular flexibility index (Phi) is 11.7. The Balaban J connectivity index is 1.29. The molecule has 0 N–H and O–H groups in total. The quantitative estimate of drug-likeness (QED) is 0.141. The molecule has 2 aliphatic carbocycles. The van der Waals surface area contributed by atoms with Crippen LogP contribution in [0.15, 0.2) is 133 Å². The van der Waals surface area contributed by atoms with Crippen molar-refractivity contribution in [3.63, 3.8) is 0 Å². The zero-order chi connectivity index (χ0) is 38.8. The van der Waals surface area contributed by atoms with Crippen molar-refractivity contribution >= 4 is 31.9 Å². The van der Waals surface area contributed by atoms with Crippen LogP contribution >= 0.6 is 26.6 Å². The maximum absolute atomic E-state index is 15.4. The molecule has 0 saturated carbocycles. The van der Waals surface area contributed by atoms with Gasteiger partial charge in [0.15, 0.2) is 0 Å². The van der Waals surface area contributed by atoms with Gasteiger partial charge < -0.3 is 13.6 Å². The lowest BCUT2D eigenvalue weighted by Crippen LogP contribution is -2.23. The van der Waals surface area contributed by atoms with Gasteiger partial charge in [0.25, 0.3) is 0 Å². The van der Waals surface area contributed by atoms with Gasteiger partial charge in [-0.1, -0.05) is 109 Å². The maximum atomic E-state index is 15.4. The van der Waals surface area contributed by atoms with E-state index in [1.54, 1.807) is 0 Å². The molecule has 4 aromatic rings. The highest BCUT2D eigenvalue weighted by Gasteiger charge is 2.40. The lowest BCUT2D eigenvalue weighted by Gasteiger charge is -2.30. The molecule has 4 aromatic carbocycles. The first kappa shape index (κ1) is 39.6. The summed E-state index contributed by atoms with van der Waals surface area (Å²) in [6.45, 7) is 16.7. The molecule has 1 atom stereocenters. The number of para-hydroxylation sites is 3. The molecule has 0 aromatic heterocycles. The van der Waals surface area contributed by atoms with Crippen LogP contribution in [0.4, 0.5) is 0 Å². The SMILES string of the molecule is Cc1cccc(C)c1OP(Oc1c(C)cccc1C)OC1(C)C=CC2=C(C=C1)C=CC(C)(SP(=O)(Oc1c(C)cccc1C)c1c(C)cccc1C)C=C2. The van der Waals surface area contributed by atoms with Crippen LogP contribution < -0.4 is 18.9 Å². The molecule has 2 aliphatic rings. The van der Waals surface area contributed by atoms with Crippen molar-refractivity contribution in [2.75, 3.05) is 0 Å². The summed E-state index contributed by atoms with van der Waals surface area (Å²) in [6.07, 6.45) is 16.7. The lowest BCUT2D eigenvalue weighted by molar-refractivity contribution is 0.168. The average Bonchev–Trinajstić information content (AvgIpc) is 3.36. The normalized spacial score (nSPS) is 16.8. The van der Waals surface area contributed by atoms with Crippen LogP contribution in [0, 0.1) is 55.4 Å². The van der Waals surface area contributed by atoms with Crippen LogP contribution in [0.1, 0.15) is 58.4 Å². The molecule has 0 heterocycles. The molecule has 6 rings (SSSR count). The van der Waals surface area contributed by atoms with Crippen LogP contribution in [0.2, 0.25) is 0 Å². The van der Waals surface area contributed by atoms with E-state index in [-0.39, 0.29) is 0 Å². The van der Waals surface area contributed by atoms with Crippen LogP contribution in [-0.2, 0) is 9.09 Å². The average molecular weight is 777 g/mol. The summed E-state index contributed by atoms with van der Waals surface area (Å²) in [5, 5.41) is 0.759. The Morgan fingerprint density at radius 1 is 0.519 bits per heavy atom. The van der Waals surface area contributed by atoms with Crippen molar-refractivity contribution in [2.24, 2.45) is 0 Å². The zero-order valence-electron chi connectivity index (χ0n) is 32.9. The monoisotopic (exact) mass is 776 g/mol. The van der Waals surface area contributed by atoms with Crippen LogP contribution in [0.5, 0.6) is 17.2 Å². The summed E-state index contributed by atoms with van der Waals surface area (Å²) >= 11 is 1.37. The Morgan fingerprint density at radius 3 is 1.28 bits per heavy atom. The summed E-state index contributed by atoms with van der Waals surface area (Å²) in [5.74, 6) is 2.19. The first-order valence-electron chi connectivity index (χ1n) is 18.2. The third kappa shape index (κ3) is 8.74. The summed E-state index contributed by atoms with van der Waals surface area (Å²) in [7, 11) is -1.88. The molecular weight excluding hydrogens is 727 g/mol. The van der Waals surface area contributed by atoms with Gasteiger partial charge in [0.05, 0.1) is 10.1 Å². The molecule has 54 heavy (non-hydrogen) atoms. The summed E-state index contributed by atoms with van der Waals surface area (Å²) < 4.78 is 41.4. The number of rotatable bonds is 11. The van der Waals surface area contributed by atoms with E-state index in [9.17, 15) is 0 Å². The number of benzene rings is 4. The van der Waals surface area contributed by atoms with Crippen molar-refractivity contribution in [3.05, 3.63) is 177 Å². The highest BCUT2D eigenvalue weighted by Crippen LogP contribution is 2.65. The second-order valence-corrected chi connectivity index (χ2v) is 20.4. The van der Waals surface area contributed by atoms with Gasteiger partial charge in [0.1, 0.15) is 22.8 Å². The minimum Gasteiger partial charge on any atom is -0.432 e. The molecule has 0 radical (unpaired) electrons. The molecule has 0 amide bonds. The second-order valence-electron chi connectivity index (χ2n) is 14.7. The van der Waals surface area contributed by atoms with E-state index >= 15 is 4.57 Å². The fraction of sp³-hybridized carbons (Fsp3) is 0.261. The molecule has 0 aliphatic heterocycles. The highest BCUT2D eigenvalue weighted by molar-refractivity contribution is 8.59. The van der Waals surface area contributed by atoms with Crippen molar-refractivity contribution in [3.8, 4) is 17.2 Å². The van der Waals surface area contributed by atoms with Gasteiger partial charge in [-0.15, -0.1) is 0 Å². The Hall–Kier alpha value is -4.05. The number of aryl methyl sites for hydroxylation is 8. The van der Waals surface area contributed by atoms with E-state index in [1.807, 2.05) is 147 Å². The van der Waals surface area contributed by atoms with Crippen LogP contribution in [0.25, 0.3) is 0 Å². The Morgan fingerprint density at radius 2 is 0.870 bits per heavy atom. The van der Waals surface area contributed by atoms with Gasteiger partial charge in [0, 0.05) is 0 Å². The topological polar surface area (TPSA) is 54.0 Å². The highest BCUT2D eigenvalue weighted by atomic mass is 32.7. The van der Waals surface area contributed by atoms with E-state index < -0.39 is 25.5 Å². The third-order valence-corrected chi connectivity index (χ3v) is 16.2. The standard InChI is InChI=1S/C46H50O5P2S/c1-31-15-11-16-32(2)41(31)48-52(49-42-33(3)17-12-18-34(42)4)51-45(9)27-23-39-25-29-46(10,30-26-40(39)24-28-45)54-53(47,44-37(7)21-14-22-38(44)8)50-43-35(5)19-13-20-36(43)6/h11-30H,1-10H3. The van der Waals surface area contributed by atoms with Crippen molar-refractivity contribution in [1.29, 1.82) is 0 Å². The molecule has 1 unspecified atom stereocenters. The second kappa shape index (κ2) is 16.0. The third-order valence-electron chi connectivity index (χ3n) is 9.78. The molecule has 0 saturated heterocycles.